The molecule has 2 amide bonds. The van der Waals surface area contributed by atoms with Crippen molar-refractivity contribution in [3.8, 4) is 17.2 Å². The molecule has 0 unspecified atom stereocenters. The molecule has 0 aromatic heterocycles. The fourth-order valence-electron chi connectivity index (χ4n) is 5.17. The Bertz CT molecular complexity index is 1140. The molecule has 1 N–H and O–H groups in total. The lowest BCUT2D eigenvalue weighted by Crippen LogP contribution is -2.62. The summed E-state index contributed by atoms with van der Waals surface area (Å²) in [5.41, 5.74) is 0.270. The molecule has 2 saturated heterocycles. The molecule has 2 aliphatic rings. The van der Waals surface area contributed by atoms with E-state index < -0.39 is 18.0 Å². The molecule has 4 rings (SSSR count). The van der Waals surface area contributed by atoms with Crippen LogP contribution in [0.3, 0.4) is 0 Å². The maximum atomic E-state index is 13.4. The van der Waals surface area contributed by atoms with Gasteiger partial charge in [0.15, 0.2) is 11.5 Å². The highest BCUT2D eigenvalue weighted by molar-refractivity contribution is 5.97. The van der Waals surface area contributed by atoms with Gasteiger partial charge in [-0.05, 0) is 62.7 Å². The summed E-state index contributed by atoms with van der Waals surface area (Å²) in [4.78, 5) is 30.6. The van der Waals surface area contributed by atoms with Crippen molar-refractivity contribution < 1.29 is 37.0 Å². The van der Waals surface area contributed by atoms with E-state index in [1.807, 2.05) is 0 Å². The topological polar surface area (TPSA) is 80.3 Å². The average molecular weight is 536 g/mol. The molecule has 0 saturated carbocycles. The Balaban J connectivity index is 1.53. The number of piperidine rings is 2. The number of hydrogen-bond acceptors (Lipinski definition) is 6. The molecule has 0 spiro atoms. The van der Waals surface area contributed by atoms with Gasteiger partial charge in [0.25, 0.3) is 11.8 Å². The number of carbonyl (C=O) groups is 2. The van der Waals surface area contributed by atoms with Crippen LogP contribution in [0.4, 0.5) is 13.2 Å². The van der Waals surface area contributed by atoms with E-state index in [2.05, 4.69) is 15.0 Å². The summed E-state index contributed by atoms with van der Waals surface area (Å²) < 4.78 is 53.3. The smallest absolute Gasteiger partial charge is 0.493 e. The van der Waals surface area contributed by atoms with Crippen molar-refractivity contribution in [1.29, 1.82) is 0 Å². The summed E-state index contributed by atoms with van der Waals surface area (Å²) in [6.45, 7) is 2.40. The van der Waals surface area contributed by atoms with Crippen LogP contribution in [0.2, 0.25) is 0 Å². The number of rotatable bonds is 7. The van der Waals surface area contributed by atoms with Gasteiger partial charge in [-0.3, -0.25) is 14.5 Å². The molecule has 11 heteroatoms. The predicted molar refractivity (Wildman–Crippen MR) is 134 cm³/mol. The molecule has 8 nitrogen and oxygen atoms in total. The van der Waals surface area contributed by atoms with Crippen LogP contribution < -0.4 is 19.5 Å². The summed E-state index contributed by atoms with van der Waals surface area (Å²) in [6, 6.07) is 9.77. The van der Waals surface area contributed by atoms with Crippen LogP contribution >= 0.6 is 0 Å². The molecule has 0 radical (unpaired) electrons. The van der Waals surface area contributed by atoms with Gasteiger partial charge in [-0.25, -0.2) is 0 Å². The lowest BCUT2D eigenvalue weighted by molar-refractivity contribution is -0.274. The number of amides is 2. The van der Waals surface area contributed by atoms with E-state index >= 15 is 0 Å². The van der Waals surface area contributed by atoms with Crippen LogP contribution in [-0.4, -0.2) is 80.5 Å². The Labute approximate surface area is 219 Å². The van der Waals surface area contributed by atoms with Crippen LogP contribution in [-0.2, 0) is 0 Å². The van der Waals surface area contributed by atoms with Crippen molar-refractivity contribution in [2.75, 3.05) is 40.4 Å². The largest absolute Gasteiger partial charge is 0.573 e. The van der Waals surface area contributed by atoms with Gasteiger partial charge in [0.2, 0.25) is 0 Å². The van der Waals surface area contributed by atoms with E-state index in [0.29, 0.717) is 36.6 Å². The lowest BCUT2D eigenvalue weighted by atomic mass is 9.94. The third kappa shape index (κ3) is 6.50. The minimum absolute atomic E-state index is 0.165. The summed E-state index contributed by atoms with van der Waals surface area (Å²) in [6.07, 6.45) is -1.35. The molecular weight excluding hydrogens is 503 g/mol. The van der Waals surface area contributed by atoms with Crippen molar-refractivity contribution in [2.24, 2.45) is 0 Å². The molecule has 38 heavy (non-hydrogen) atoms. The van der Waals surface area contributed by atoms with Crippen LogP contribution in [0, 0.1) is 0 Å². The van der Waals surface area contributed by atoms with Crippen molar-refractivity contribution in [2.45, 2.75) is 44.1 Å². The molecule has 2 aromatic carbocycles. The van der Waals surface area contributed by atoms with Gasteiger partial charge in [-0.2, -0.15) is 0 Å². The molecule has 206 valence electrons. The third-order valence-corrected chi connectivity index (χ3v) is 7.03. The van der Waals surface area contributed by atoms with Gasteiger partial charge in [-0.1, -0.05) is 18.6 Å². The number of halogens is 3. The van der Waals surface area contributed by atoms with Crippen molar-refractivity contribution in [1.82, 2.24) is 15.1 Å². The Morgan fingerprint density at radius 2 is 1.63 bits per heavy atom. The zero-order valence-electron chi connectivity index (χ0n) is 21.4. The maximum absolute atomic E-state index is 13.4. The second-order valence-corrected chi connectivity index (χ2v) is 9.40. The number of nitrogens with zero attached hydrogens (tertiary/aromatic N) is 2. The number of carbonyl (C=O) groups excluding carboxylic acids is 2. The number of ether oxygens (including phenoxy) is 3. The highest BCUT2D eigenvalue weighted by atomic mass is 19.4. The number of methoxy groups -OCH3 is 2. The van der Waals surface area contributed by atoms with Gasteiger partial charge < -0.3 is 24.4 Å². The fourth-order valence-corrected chi connectivity index (χ4v) is 5.17. The van der Waals surface area contributed by atoms with Crippen LogP contribution in [0.15, 0.2) is 42.5 Å². The Morgan fingerprint density at radius 3 is 2.32 bits per heavy atom. The van der Waals surface area contributed by atoms with Gasteiger partial charge in [-0.15, -0.1) is 13.2 Å². The second-order valence-electron chi connectivity index (χ2n) is 9.40. The monoisotopic (exact) mass is 535 g/mol. The van der Waals surface area contributed by atoms with Crippen LogP contribution in [0.5, 0.6) is 17.2 Å². The second kappa shape index (κ2) is 11.9. The SMILES string of the molecule is COc1ccc(C(=O)N2CC[C@H](NC(=O)c3ccccc3OC(F)(F)F)[C@H](N3CCCCC3)C2)cc1OC. The van der Waals surface area contributed by atoms with Crippen molar-refractivity contribution in [3.05, 3.63) is 53.6 Å². The first-order valence-corrected chi connectivity index (χ1v) is 12.6. The highest BCUT2D eigenvalue weighted by Gasteiger charge is 2.38. The molecule has 0 bridgehead atoms. The minimum Gasteiger partial charge on any atom is -0.493 e. The first kappa shape index (κ1) is 27.6. The first-order valence-electron chi connectivity index (χ1n) is 12.6. The molecule has 2 aromatic rings. The Kier molecular flexibility index (Phi) is 8.65. The average Bonchev–Trinajstić information content (AvgIpc) is 2.92. The molecule has 2 aliphatic heterocycles. The molecule has 2 heterocycles. The standard InChI is InChI=1S/C27H32F3N3O5/c1-36-23-11-10-18(16-24(23)37-2)26(35)33-15-12-20(21(17-33)32-13-6-3-7-14-32)31-25(34)19-8-4-5-9-22(19)38-27(28,29)30/h4-5,8-11,16,20-21H,3,6-7,12-15,17H2,1-2H3,(H,31,34)/t20-,21+/m0/s1. The van der Waals surface area contributed by atoms with Crippen LogP contribution in [0.25, 0.3) is 0 Å². The van der Waals surface area contributed by atoms with Crippen molar-refractivity contribution >= 4 is 11.8 Å². The number of hydrogen-bond donors (Lipinski definition) is 1. The van der Waals surface area contributed by atoms with Crippen LogP contribution in [0.1, 0.15) is 46.4 Å². The Hall–Kier alpha value is -3.47. The van der Waals surface area contributed by atoms with Gasteiger partial charge in [0.05, 0.1) is 19.8 Å². The van der Waals surface area contributed by atoms with Crippen molar-refractivity contribution in [3.63, 3.8) is 0 Å². The van der Waals surface area contributed by atoms with Gasteiger partial charge in [0, 0.05) is 30.7 Å². The normalized spacial score (nSPS) is 20.5. The number of para-hydroxylation sites is 1. The summed E-state index contributed by atoms with van der Waals surface area (Å²) in [5.74, 6) is -0.384. The molecule has 2 atom stereocenters. The van der Waals surface area contributed by atoms with Gasteiger partial charge in [0.1, 0.15) is 5.75 Å². The zero-order valence-corrected chi connectivity index (χ0v) is 21.4. The first-order chi connectivity index (χ1) is 18.2. The van der Waals surface area contributed by atoms with E-state index in [9.17, 15) is 22.8 Å². The van der Waals surface area contributed by atoms with E-state index in [1.165, 1.54) is 32.4 Å². The Morgan fingerprint density at radius 1 is 0.921 bits per heavy atom. The zero-order chi connectivity index (χ0) is 27.3. The summed E-state index contributed by atoms with van der Waals surface area (Å²) >= 11 is 0. The van der Waals surface area contributed by atoms with E-state index in [4.69, 9.17) is 9.47 Å². The lowest BCUT2D eigenvalue weighted by Gasteiger charge is -2.45. The summed E-state index contributed by atoms with van der Waals surface area (Å²) in [7, 11) is 3.03. The maximum Gasteiger partial charge on any atom is 0.573 e. The number of likely N-dealkylation sites (tertiary alicyclic amines) is 2. The molecule has 2 fully saturated rings. The number of alkyl halides is 3. The molecular formula is C27H32F3N3O5. The summed E-state index contributed by atoms with van der Waals surface area (Å²) in [5, 5.41) is 2.94. The minimum atomic E-state index is -4.91. The fraction of sp³-hybridized carbons (Fsp3) is 0.481. The van der Waals surface area contributed by atoms with Gasteiger partial charge >= 0.3 is 6.36 Å². The third-order valence-electron chi connectivity index (χ3n) is 7.03. The predicted octanol–water partition coefficient (Wildman–Crippen LogP) is 4.10. The van der Waals surface area contributed by atoms with E-state index in [1.54, 1.807) is 23.1 Å². The van der Waals surface area contributed by atoms with E-state index in [-0.39, 0.29) is 23.6 Å². The number of benzene rings is 2. The highest BCUT2D eigenvalue weighted by Crippen LogP contribution is 2.30. The quantitative estimate of drug-likeness (QED) is 0.575. The molecule has 0 aliphatic carbocycles. The number of nitrogens with one attached hydrogen (secondary N) is 1. The van der Waals surface area contributed by atoms with E-state index in [0.717, 1.165) is 38.4 Å².